The number of amides is 1. The lowest BCUT2D eigenvalue weighted by molar-refractivity contribution is 0.0342. The topological polar surface area (TPSA) is 41.6 Å². The Bertz CT molecular complexity index is 966. The lowest BCUT2D eigenvalue weighted by atomic mass is 10.2. The van der Waals surface area contributed by atoms with E-state index in [-0.39, 0.29) is 5.91 Å². The molecule has 1 amide bonds. The number of halogens is 2. The summed E-state index contributed by atoms with van der Waals surface area (Å²) in [5, 5.41) is 4.86. The maximum Gasteiger partial charge on any atom is 0.267 e. The van der Waals surface area contributed by atoms with Crippen molar-refractivity contribution >= 4 is 56.2 Å². The smallest absolute Gasteiger partial charge is 0.267 e. The molecule has 1 N–H and O–H groups in total. The van der Waals surface area contributed by atoms with Crippen LogP contribution in [-0.2, 0) is 11.3 Å². The Morgan fingerprint density at radius 2 is 1.85 bits per heavy atom. The molecule has 0 atom stereocenters. The van der Waals surface area contributed by atoms with E-state index < -0.39 is 0 Å². The molecule has 27 heavy (non-hydrogen) atoms. The van der Waals surface area contributed by atoms with Gasteiger partial charge in [-0.3, -0.25) is 9.69 Å². The number of rotatable bonds is 4. The van der Waals surface area contributed by atoms with Crippen molar-refractivity contribution in [1.82, 2.24) is 4.90 Å². The van der Waals surface area contributed by atoms with E-state index in [4.69, 9.17) is 27.9 Å². The number of morpholine rings is 1. The molecule has 0 aliphatic carbocycles. The van der Waals surface area contributed by atoms with Crippen LogP contribution in [0.1, 0.15) is 15.2 Å². The van der Waals surface area contributed by atoms with Crippen LogP contribution in [0, 0.1) is 0 Å². The molecule has 7 heteroatoms. The van der Waals surface area contributed by atoms with Gasteiger partial charge in [0.15, 0.2) is 0 Å². The summed E-state index contributed by atoms with van der Waals surface area (Å²) < 4.78 is 6.28. The normalized spacial score (nSPS) is 15.2. The van der Waals surface area contributed by atoms with E-state index in [1.54, 1.807) is 6.07 Å². The Balaban J connectivity index is 1.45. The van der Waals surface area contributed by atoms with Crippen LogP contribution in [0.15, 0.2) is 42.5 Å². The zero-order chi connectivity index (χ0) is 18.8. The maximum atomic E-state index is 12.7. The molecule has 4 rings (SSSR count). The summed E-state index contributed by atoms with van der Waals surface area (Å²) in [4.78, 5) is 15.5. The number of nitrogens with zero attached hydrogens (tertiary/aromatic N) is 1. The standard InChI is InChI=1S/C20H18Cl2N2O2S/c21-14-3-6-16-17(11-14)27-19(18(16)22)20(25)23-15-4-1-13(2-5-15)12-24-7-9-26-10-8-24/h1-6,11H,7-10,12H2,(H,23,25). The maximum absolute atomic E-state index is 12.7. The predicted octanol–water partition coefficient (Wildman–Crippen LogP) is 5.29. The Labute approximate surface area is 171 Å². The van der Waals surface area contributed by atoms with Crippen LogP contribution in [0.3, 0.4) is 0 Å². The van der Waals surface area contributed by atoms with Gasteiger partial charge in [-0.05, 0) is 29.8 Å². The van der Waals surface area contributed by atoms with Crippen molar-refractivity contribution in [2.24, 2.45) is 0 Å². The van der Waals surface area contributed by atoms with E-state index in [0.717, 1.165) is 48.6 Å². The molecule has 1 aliphatic rings. The van der Waals surface area contributed by atoms with Crippen LogP contribution in [0.2, 0.25) is 10.0 Å². The molecule has 1 aromatic heterocycles. The second-order valence-electron chi connectivity index (χ2n) is 6.43. The highest BCUT2D eigenvalue weighted by molar-refractivity contribution is 7.21. The fraction of sp³-hybridized carbons (Fsp3) is 0.250. The highest BCUT2D eigenvalue weighted by Crippen LogP contribution is 2.37. The first-order valence-corrected chi connectivity index (χ1v) is 10.3. The van der Waals surface area contributed by atoms with Gasteiger partial charge in [0, 0.05) is 40.4 Å². The number of thiophene rings is 1. The van der Waals surface area contributed by atoms with Gasteiger partial charge >= 0.3 is 0 Å². The van der Waals surface area contributed by atoms with E-state index in [1.165, 1.54) is 16.9 Å². The van der Waals surface area contributed by atoms with Gasteiger partial charge < -0.3 is 10.1 Å². The fourth-order valence-electron chi connectivity index (χ4n) is 3.08. The van der Waals surface area contributed by atoms with Crippen LogP contribution in [0.5, 0.6) is 0 Å². The zero-order valence-electron chi connectivity index (χ0n) is 14.5. The Kier molecular flexibility index (Phi) is 5.66. The summed E-state index contributed by atoms with van der Waals surface area (Å²) in [7, 11) is 0. The third kappa shape index (κ3) is 4.28. The average Bonchev–Trinajstić information content (AvgIpc) is 3.00. The summed E-state index contributed by atoms with van der Waals surface area (Å²) in [6, 6.07) is 13.4. The molecule has 2 heterocycles. The van der Waals surface area contributed by atoms with Crippen molar-refractivity contribution in [2.45, 2.75) is 6.54 Å². The van der Waals surface area contributed by atoms with Gasteiger partial charge in [0.25, 0.3) is 5.91 Å². The van der Waals surface area contributed by atoms with Crippen LogP contribution in [0.25, 0.3) is 10.1 Å². The number of carbonyl (C=O) groups is 1. The molecular weight excluding hydrogens is 403 g/mol. The molecular formula is C20H18Cl2N2O2S. The molecule has 140 valence electrons. The molecule has 0 radical (unpaired) electrons. The van der Waals surface area contributed by atoms with Gasteiger partial charge in [0.2, 0.25) is 0 Å². The predicted molar refractivity (Wildman–Crippen MR) is 112 cm³/mol. The molecule has 0 spiro atoms. The number of benzene rings is 2. The lowest BCUT2D eigenvalue weighted by Gasteiger charge is -2.26. The second kappa shape index (κ2) is 8.17. The summed E-state index contributed by atoms with van der Waals surface area (Å²) in [6.07, 6.45) is 0. The van der Waals surface area contributed by atoms with Gasteiger partial charge in [0.05, 0.1) is 18.2 Å². The number of ether oxygens (including phenoxy) is 1. The summed E-state index contributed by atoms with van der Waals surface area (Å²) in [6.45, 7) is 4.37. The summed E-state index contributed by atoms with van der Waals surface area (Å²) in [5.74, 6) is -0.210. The van der Waals surface area contributed by atoms with E-state index in [9.17, 15) is 4.79 Å². The van der Waals surface area contributed by atoms with E-state index in [2.05, 4.69) is 10.2 Å². The monoisotopic (exact) mass is 420 g/mol. The number of nitrogens with one attached hydrogen (secondary N) is 1. The first-order chi connectivity index (χ1) is 13.1. The van der Waals surface area contributed by atoms with Crippen molar-refractivity contribution in [3.8, 4) is 0 Å². The van der Waals surface area contributed by atoms with Crippen molar-refractivity contribution in [2.75, 3.05) is 31.6 Å². The summed E-state index contributed by atoms with van der Waals surface area (Å²) >= 11 is 13.8. The third-order valence-corrected chi connectivity index (χ3v) is 6.41. The highest BCUT2D eigenvalue weighted by atomic mass is 35.5. The average molecular weight is 421 g/mol. The minimum atomic E-state index is -0.210. The van der Waals surface area contributed by atoms with Gasteiger partial charge in [-0.2, -0.15) is 0 Å². The quantitative estimate of drug-likeness (QED) is 0.622. The molecule has 1 saturated heterocycles. The SMILES string of the molecule is O=C(Nc1ccc(CN2CCOCC2)cc1)c1sc2cc(Cl)ccc2c1Cl. The number of hydrogen-bond donors (Lipinski definition) is 1. The van der Waals surface area contributed by atoms with Gasteiger partial charge in [-0.15, -0.1) is 11.3 Å². The molecule has 1 aliphatic heterocycles. The summed E-state index contributed by atoms with van der Waals surface area (Å²) in [5.41, 5.74) is 1.96. The molecule has 1 fully saturated rings. The molecule has 0 saturated carbocycles. The number of hydrogen-bond acceptors (Lipinski definition) is 4. The largest absolute Gasteiger partial charge is 0.379 e. The molecule has 4 nitrogen and oxygen atoms in total. The van der Waals surface area contributed by atoms with E-state index in [1.807, 2.05) is 36.4 Å². The van der Waals surface area contributed by atoms with E-state index in [0.29, 0.717) is 14.9 Å². The van der Waals surface area contributed by atoms with Crippen molar-refractivity contribution < 1.29 is 9.53 Å². The second-order valence-corrected chi connectivity index (χ2v) is 8.29. The minimum absolute atomic E-state index is 0.210. The molecule has 0 unspecified atom stereocenters. The number of carbonyl (C=O) groups excluding carboxylic acids is 1. The highest BCUT2D eigenvalue weighted by Gasteiger charge is 2.17. The third-order valence-electron chi connectivity index (χ3n) is 4.52. The number of anilines is 1. The first kappa shape index (κ1) is 18.7. The Morgan fingerprint density at radius 1 is 1.11 bits per heavy atom. The first-order valence-electron chi connectivity index (χ1n) is 8.68. The van der Waals surface area contributed by atoms with Crippen LogP contribution >= 0.6 is 34.5 Å². The van der Waals surface area contributed by atoms with Gasteiger partial charge in [-0.1, -0.05) is 41.4 Å². The van der Waals surface area contributed by atoms with Crippen molar-refractivity contribution in [3.05, 3.63) is 63.0 Å². The molecule has 2 aromatic carbocycles. The lowest BCUT2D eigenvalue weighted by Crippen LogP contribution is -2.35. The van der Waals surface area contributed by atoms with Gasteiger partial charge in [-0.25, -0.2) is 0 Å². The van der Waals surface area contributed by atoms with Crippen LogP contribution in [-0.4, -0.2) is 37.1 Å². The number of fused-ring (bicyclic) bond motifs is 1. The minimum Gasteiger partial charge on any atom is -0.379 e. The van der Waals surface area contributed by atoms with Crippen molar-refractivity contribution in [1.29, 1.82) is 0 Å². The van der Waals surface area contributed by atoms with Gasteiger partial charge in [0.1, 0.15) is 4.88 Å². The fourth-order valence-corrected chi connectivity index (χ4v) is 4.77. The molecule has 0 bridgehead atoms. The van der Waals surface area contributed by atoms with Crippen molar-refractivity contribution in [3.63, 3.8) is 0 Å². The Hall–Kier alpha value is -1.63. The van der Waals surface area contributed by atoms with Crippen LogP contribution in [0.4, 0.5) is 5.69 Å². The molecule has 3 aromatic rings. The Morgan fingerprint density at radius 3 is 2.59 bits per heavy atom. The zero-order valence-corrected chi connectivity index (χ0v) is 16.8. The van der Waals surface area contributed by atoms with Crippen LogP contribution < -0.4 is 5.32 Å². The van der Waals surface area contributed by atoms with E-state index >= 15 is 0 Å².